The van der Waals surface area contributed by atoms with Crippen LogP contribution in [-0.4, -0.2) is 24.2 Å². The Balaban J connectivity index is 1.60. The normalized spacial score (nSPS) is 9.95. The fraction of sp³-hybridized carbons (Fsp3) is 0.250. The van der Waals surface area contributed by atoms with E-state index in [9.17, 15) is 4.79 Å². The predicted octanol–water partition coefficient (Wildman–Crippen LogP) is 2.27. The second-order valence-corrected chi connectivity index (χ2v) is 4.63. The lowest BCUT2D eigenvalue weighted by Crippen LogP contribution is -2.37. The first-order valence-corrected chi connectivity index (χ1v) is 6.84. The van der Waals surface area contributed by atoms with Crippen LogP contribution >= 0.6 is 0 Å². The molecule has 0 aliphatic carbocycles. The van der Waals surface area contributed by atoms with Crippen molar-refractivity contribution in [3.8, 4) is 5.75 Å². The van der Waals surface area contributed by atoms with Gasteiger partial charge >= 0.3 is 6.03 Å². The van der Waals surface area contributed by atoms with Crippen molar-refractivity contribution < 1.29 is 9.53 Å². The molecule has 2 rings (SSSR count). The Labute approximate surface area is 124 Å². The van der Waals surface area contributed by atoms with Crippen molar-refractivity contribution in [3.63, 3.8) is 0 Å². The Bertz CT molecular complexity index is 555. The summed E-state index contributed by atoms with van der Waals surface area (Å²) in [7, 11) is 0. The van der Waals surface area contributed by atoms with Crippen molar-refractivity contribution in [2.45, 2.75) is 13.5 Å². The summed E-state index contributed by atoms with van der Waals surface area (Å²) in [6, 6.07) is 11.3. The number of pyridine rings is 1. The van der Waals surface area contributed by atoms with Gasteiger partial charge in [-0.15, -0.1) is 0 Å². The molecule has 0 saturated heterocycles. The Kier molecular flexibility index (Phi) is 5.58. The first kappa shape index (κ1) is 14.8. The molecule has 5 nitrogen and oxygen atoms in total. The zero-order chi connectivity index (χ0) is 14.9. The number of nitrogens with zero attached hydrogens (tertiary/aromatic N) is 1. The van der Waals surface area contributed by atoms with Crippen LogP contribution in [0.1, 0.15) is 11.1 Å². The summed E-state index contributed by atoms with van der Waals surface area (Å²) in [5, 5.41) is 5.52. The number of aromatic nitrogens is 1. The molecule has 0 atom stereocenters. The second-order valence-electron chi connectivity index (χ2n) is 4.63. The zero-order valence-electron chi connectivity index (χ0n) is 12.0. The van der Waals surface area contributed by atoms with Gasteiger partial charge in [0.2, 0.25) is 0 Å². The van der Waals surface area contributed by atoms with Gasteiger partial charge < -0.3 is 15.4 Å². The molecule has 0 saturated carbocycles. The maximum Gasteiger partial charge on any atom is 0.315 e. The summed E-state index contributed by atoms with van der Waals surface area (Å²) >= 11 is 0. The Morgan fingerprint density at radius 2 is 1.81 bits per heavy atom. The Morgan fingerprint density at radius 3 is 2.52 bits per heavy atom. The van der Waals surface area contributed by atoms with Gasteiger partial charge in [-0.25, -0.2) is 4.79 Å². The van der Waals surface area contributed by atoms with Crippen LogP contribution in [0.5, 0.6) is 5.75 Å². The van der Waals surface area contributed by atoms with E-state index in [1.54, 1.807) is 12.4 Å². The molecule has 2 N–H and O–H groups in total. The lowest BCUT2D eigenvalue weighted by Gasteiger charge is -2.09. The topological polar surface area (TPSA) is 63.2 Å². The van der Waals surface area contributed by atoms with Gasteiger partial charge in [-0.1, -0.05) is 17.7 Å². The fourth-order valence-corrected chi connectivity index (χ4v) is 1.71. The molecule has 21 heavy (non-hydrogen) atoms. The van der Waals surface area contributed by atoms with E-state index in [1.807, 2.05) is 43.3 Å². The lowest BCUT2D eigenvalue weighted by atomic mass is 10.2. The fourth-order valence-electron chi connectivity index (χ4n) is 1.71. The Morgan fingerprint density at radius 1 is 1.10 bits per heavy atom. The van der Waals surface area contributed by atoms with E-state index >= 15 is 0 Å². The van der Waals surface area contributed by atoms with Crippen molar-refractivity contribution >= 4 is 6.03 Å². The minimum absolute atomic E-state index is 0.209. The highest BCUT2D eigenvalue weighted by atomic mass is 16.5. The van der Waals surface area contributed by atoms with Crippen molar-refractivity contribution in [2.75, 3.05) is 13.2 Å². The van der Waals surface area contributed by atoms with Crippen LogP contribution in [0, 0.1) is 6.92 Å². The minimum atomic E-state index is -0.209. The van der Waals surface area contributed by atoms with Gasteiger partial charge in [0.05, 0.1) is 6.54 Å². The van der Waals surface area contributed by atoms with Gasteiger partial charge in [0, 0.05) is 18.9 Å². The highest BCUT2D eigenvalue weighted by molar-refractivity contribution is 5.73. The third-order valence-corrected chi connectivity index (χ3v) is 2.88. The van der Waals surface area contributed by atoms with E-state index < -0.39 is 0 Å². The third kappa shape index (κ3) is 5.52. The standard InChI is InChI=1S/C16H19N3O2/c1-13-2-4-15(5-3-13)21-11-10-18-16(20)19-12-14-6-8-17-9-7-14/h2-9H,10-12H2,1H3,(H2,18,19,20). The number of urea groups is 1. The highest BCUT2D eigenvalue weighted by Gasteiger charge is 2.00. The number of carbonyl (C=O) groups excluding carboxylic acids is 1. The third-order valence-electron chi connectivity index (χ3n) is 2.88. The number of ether oxygens (including phenoxy) is 1. The van der Waals surface area contributed by atoms with Crippen LogP contribution in [0.4, 0.5) is 4.79 Å². The SMILES string of the molecule is Cc1ccc(OCCNC(=O)NCc2ccncc2)cc1. The van der Waals surface area contributed by atoms with E-state index in [0.29, 0.717) is 19.7 Å². The van der Waals surface area contributed by atoms with Gasteiger partial charge in [0.1, 0.15) is 12.4 Å². The molecule has 0 bridgehead atoms. The van der Waals surface area contributed by atoms with Gasteiger partial charge in [-0.2, -0.15) is 0 Å². The van der Waals surface area contributed by atoms with Crippen molar-refractivity contribution in [1.82, 2.24) is 15.6 Å². The van der Waals surface area contributed by atoms with Crippen molar-refractivity contribution in [3.05, 3.63) is 59.9 Å². The molecular formula is C16H19N3O2. The first-order chi connectivity index (χ1) is 10.2. The van der Waals surface area contributed by atoms with E-state index in [4.69, 9.17) is 4.74 Å². The molecule has 1 aromatic heterocycles. The summed E-state index contributed by atoms with van der Waals surface area (Å²) in [5.41, 5.74) is 2.20. The molecule has 0 radical (unpaired) electrons. The van der Waals surface area contributed by atoms with Gasteiger partial charge in [-0.05, 0) is 36.8 Å². The molecule has 5 heteroatoms. The molecule has 1 heterocycles. The van der Waals surface area contributed by atoms with E-state index in [1.165, 1.54) is 5.56 Å². The molecule has 0 spiro atoms. The summed E-state index contributed by atoms with van der Waals surface area (Å²) in [6.07, 6.45) is 3.40. The average molecular weight is 285 g/mol. The molecule has 0 unspecified atom stereocenters. The van der Waals surface area contributed by atoms with Crippen molar-refractivity contribution in [1.29, 1.82) is 0 Å². The van der Waals surface area contributed by atoms with Gasteiger partial charge in [-0.3, -0.25) is 4.98 Å². The maximum absolute atomic E-state index is 11.6. The van der Waals surface area contributed by atoms with E-state index in [-0.39, 0.29) is 6.03 Å². The average Bonchev–Trinajstić information content (AvgIpc) is 2.52. The van der Waals surface area contributed by atoms with Crippen LogP contribution in [-0.2, 0) is 6.54 Å². The zero-order valence-corrected chi connectivity index (χ0v) is 12.0. The minimum Gasteiger partial charge on any atom is -0.492 e. The highest BCUT2D eigenvalue weighted by Crippen LogP contribution is 2.10. The number of rotatable bonds is 6. The summed E-state index contributed by atoms with van der Waals surface area (Å²) < 4.78 is 5.52. The molecule has 0 fully saturated rings. The second kappa shape index (κ2) is 7.89. The molecule has 0 aliphatic heterocycles. The van der Waals surface area contributed by atoms with Crippen molar-refractivity contribution in [2.24, 2.45) is 0 Å². The largest absolute Gasteiger partial charge is 0.492 e. The number of aryl methyl sites for hydroxylation is 1. The number of nitrogens with one attached hydrogen (secondary N) is 2. The van der Waals surface area contributed by atoms with E-state index in [0.717, 1.165) is 11.3 Å². The number of carbonyl (C=O) groups is 1. The van der Waals surface area contributed by atoms with Crippen LogP contribution in [0.15, 0.2) is 48.8 Å². The molecule has 110 valence electrons. The Hall–Kier alpha value is -2.56. The number of hydrogen-bond donors (Lipinski definition) is 2. The smallest absolute Gasteiger partial charge is 0.315 e. The van der Waals surface area contributed by atoms with E-state index in [2.05, 4.69) is 15.6 Å². The number of hydrogen-bond acceptors (Lipinski definition) is 3. The molecular weight excluding hydrogens is 266 g/mol. The quantitative estimate of drug-likeness (QED) is 0.800. The summed E-state index contributed by atoms with van der Waals surface area (Å²) in [5.74, 6) is 0.805. The molecule has 2 aromatic rings. The molecule has 0 aliphatic rings. The van der Waals surface area contributed by atoms with Crippen LogP contribution in [0.2, 0.25) is 0 Å². The number of amides is 2. The summed E-state index contributed by atoms with van der Waals surface area (Å²) in [4.78, 5) is 15.5. The monoisotopic (exact) mass is 285 g/mol. The van der Waals surface area contributed by atoms with Crippen LogP contribution < -0.4 is 15.4 Å². The maximum atomic E-state index is 11.6. The van der Waals surface area contributed by atoms with Crippen LogP contribution in [0.25, 0.3) is 0 Å². The molecule has 1 aromatic carbocycles. The molecule has 2 amide bonds. The van der Waals surface area contributed by atoms with Gasteiger partial charge in [0.15, 0.2) is 0 Å². The first-order valence-electron chi connectivity index (χ1n) is 6.84. The lowest BCUT2D eigenvalue weighted by molar-refractivity contribution is 0.236. The van der Waals surface area contributed by atoms with Gasteiger partial charge in [0.25, 0.3) is 0 Å². The summed E-state index contributed by atoms with van der Waals surface area (Å²) in [6.45, 7) is 3.40. The number of benzene rings is 1. The predicted molar refractivity (Wildman–Crippen MR) is 81.1 cm³/mol. The van der Waals surface area contributed by atoms with Crippen LogP contribution in [0.3, 0.4) is 0 Å².